The summed E-state index contributed by atoms with van der Waals surface area (Å²) in [5.74, 6) is -0.408. The molecule has 16 heteroatoms. The standard InChI is InChI=1S/C38H34N6O8S2/c1-41(53(48,49)36-33-8-4-2-6-28(33)18-20-39-36)35(38(45)43-24-22-42(23-25-43)30-12-14-31(15-13-30)44(46)47)26-27-10-16-32(17-11-27)52-54(50,51)37-34-9-5-3-7-29(34)19-21-40-37/h2-21,35H,22-26H2,1H3. The van der Waals surface area contributed by atoms with E-state index in [2.05, 4.69) is 9.97 Å². The zero-order valence-electron chi connectivity index (χ0n) is 28.9. The summed E-state index contributed by atoms with van der Waals surface area (Å²) in [4.78, 5) is 36.9. The summed E-state index contributed by atoms with van der Waals surface area (Å²) < 4.78 is 61.6. The lowest BCUT2D eigenvalue weighted by atomic mass is 10.0. The van der Waals surface area contributed by atoms with Crippen molar-refractivity contribution in [2.45, 2.75) is 22.5 Å². The quantitative estimate of drug-likeness (QED) is 0.0983. The van der Waals surface area contributed by atoms with Crippen molar-refractivity contribution in [2.75, 3.05) is 38.1 Å². The van der Waals surface area contributed by atoms with Crippen LogP contribution in [0.5, 0.6) is 5.75 Å². The number of rotatable bonds is 11. The lowest BCUT2D eigenvalue weighted by molar-refractivity contribution is -0.384. The zero-order valence-corrected chi connectivity index (χ0v) is 30.6. The molecule has 4 aromatic carbocycles. The molecule has 0 radical (unpaired) electrons. The molecular weight excluding hydrogens is 733 g/mol. The number of hydrogen-bond donors (Lipinski definition) is 0. The normalized spacial score (nSPS) is 14.3. The van der Waals surface area contributed by atoms with Crippen LogP contribution in [0.15, 0.2) is 132 Å². The summed E-state index contributed by atoms with van der Waals surface area (Å²) in [7, 11) is -7.28. The second kappa shape index (κ2) is 14.8. The van der Waals surface area contributed by atoms with Crippen LogP contribution in [0, 0.1) is 10.1 Å². The van der Waals surface area contributed by atoms with Crippen LogP contribution in [0.2, 0.25) is 0 Å². The lowest BCUT2D eigenvalue weighted by Crippen LogP contribution is -2.56. The van der Waals surface area contributed by atoms with Crippen molar-refractivity contribution in [1.82, 2.24) is 19.2 Å². The van der Waals surface area contributed by atoms with Gasteiger partial charge in [0.15, 0.2) is 5.03 Å². The van der Waals surface area contributed by atoms with Gasteiger partial charge < -0.3 is 14.0 Å². The first-order valence-corrected chi connectivity index (χ1v) is 19.7. The van der Waals surface area contributed by atoms with Crippen molar-refractivity contribution in [3.05, 3.63) is 137 Å². The number of benzene rings is 4. The molecule has 1 atom stereocenters. The predicted octanol–water partition coefficient (Wildman–Crippen LogP) is 5.04. The number of fused-ring (bicyclic) bond motifs is 2. The number of nitrogens with zero attached hydrogens (tertiary/aromatic N) is 6. The van der Waals surface area contributed by atoms with Gasteiger partial charge in [0.2, 0.25) is 10.9 Å². The minimum absolute atomic E-state index is 0.0136. The molecular formula is C38H34N6O8S2. The highest BCUT2D eigenvalue weighted by molar-refractivity contribution is 7.89. The Kier molecular flexibility index (Phi) is 9.98. The van der Waals surface area contributed by atoms with E-state index in [1.165, 1.54) is 43.7 Å². The van der Waals surface area contributed by atoms with Crippen LogP contribution in [-0.4, -0.2) is 86.1 Å². The molecule has 1 unspecified atom stereocenters. The van der Waals surface area contributed by atoms with E-state index in [1.54, 1.807) is 89.8 Å². The highest BCUT2D eigenvalue weighted by Gasteiger charge is 2.38. The fourth-order valence-electron chi connectivity index (χ4n) is 6.52. The summed E-state index contributed by atoms with van der Waals surface area (Å²) in [5.41, 5.74) is 1.30. The van der Waals surface area contributed by atoms with Gasteiger partial charge in [-0.05, 0) is 59.2 Å². The molecule has 2 aromatic heterocycles. The van der Waals surface area contributed by atoms with Gasteiger partial charge in [-0.3, -0.25) is 14.9 Å². The fourth-order valence-corrected chi connectivity index (χ4v) is 9.03. The van der Waals surface area contributed by atoms with Gasteiger partial charge in [-0.1, -0.05) is 60.7 Å². The van der Waals surface area contributed by atoms with Crippen molar-refractivity contribution < 1.29 is 30.7 Å². The summed E-state index contributed by atoms with van der Waals surface area (Å²) in [6, 6.07) is 28.3. The molecule has 276 valence electrons. The first-order valence-electron chi connectivity index (χ1n) is 16.9. The Morgan fingerprint density at radius 3 is 1.93 bits per heavy atom. The number of carbonyl (C=O) groups is 1. The van der Waals surface area contributed by atoms with Crippen LogP contribution < -0.4 is 9.08 Å². The molecule has 1 aliphatic rings. The topological polar surface area (TPSA) is 173 Å². The zero-order chi connectivity index (χ0) is 38.0. The third-order valence-corrected chi connectivity index (χ3v) is 12.5. The molecule has 14 nitrogen and oxygen atoms in total. The number of sulfonamides is 1. The van der Waals surface area contributed by atoms with Crippen molar-refractivity contribution in [3.8, 4) is 5.75 Å². The van der Waals surface area contributed by atoms with E-state index < -0.39 is 37.0 Å². The molecule has 0 N–H and O–H groups in total. The number of pyridine rings is 2. The second-order valence-electron chi connectivity index (χ2n) is 12.7. The Labute approximate surface area is 311 Å². The number of non-ortho nitro benzene ring substituents is 1. The SMILES string of the molecule is CN(C(Cc1ccc(OS(=O)(=O)c2nccc3ccccc23)cc1)C(=O)N1CCN(c2ccc([N+](=O)[O-])cc2)CC1)S(=O)(=O)c1nccc2ccccc12. The number of nitro benzene ring substituents is 1. The number of amides is 1. The van der Waals surface area contributed by atoms with E-state index >= 15 is 0 Å². The number of carbonyl (C=O) groups excluding carboxylic acids is 1. The number of anilines is 1. The van der Waals surface area contributed by atoms with E-state index in [4.69, 9.17) is 4.18 Å². The van der Waals surface area contributed by atoms with Gasteiger partial charge in [-0.15, -0.1) is 0 Å². The average Bonchev–Trinajstić information content (AvgIpc) is 3.19. The summed E-state index contributed by atoms with van der Waals surface area (Å²) in [6.07, 6.45) is 2.77. The van der Waals surface area contributed by atoms with Crippen LogP contribution >= 0.6 is 0 Å². The number of hydrogen-bond acceptors (Lipinski definition) is 11. The fraction of sp³-hybridized carbons (Fsp3) is 0.184. The maximum absolute atomic E-state index is 14.4. The highest BCUT2D eigenvalue weighted by atomic mass is 32.2. The van der Waals surface area contributed by atoms with Gasteiger partial charge in [0, 0.05) is 74.2 Å². The van der Waals surface area contributed by atoms with E-state index in [0.29, 0.717) is 40.2 Å². The van der Waals surface area contributed by atoms with Crippen molar-refractivity contribution >= 4 is 59.0 Å². The van der Waals surface area contributed by atoms with Gasteiger partial charge in [0.25, 0.3) is 15.7 Å². The Bertz CT molecular complexity index is 2570. The minimum Gasteiger partial charge on any atom is -0.378 e. The Morgan fingerprint density at radius 2 is 1.33 bits per heavy atom. The summed E-state index contributed by atoms with van der Waals surface area (Å²) in [5, 5.41) is 12.9. The van der Waals surface area contributed by atoms with Gasteiger partial charge in [-0.25, -0.2) is 18.4 Å². The van der Waals surface area contributed by atoms with Gasteiger partial charge in [-0.2, -0.15) is 12.7 Å². The van der Waals surface area contributed by atoms with E-state index in [9.17, 15) is 31.7 Å². The van der Waals surface area contributed by atoms with Crippen molar-refractivity contribution in [1.29, 1.82) is 0 Å². The maximum Gasteiger partial charge on any atom is 0.357 e. The summed E-state index contributed by atoms with van der Waals surface area (Å²) in [6.45, 7) is 1.40. The van der Waals surface area contributed by atoms with Crippen molar-refractivity contribution in [2.24, 2.45) is 0 Å². The number of aromatic nitrogens is 2. The highest BCUT2D eigenvalue weighted by Crippen LogP contribution is 2.28. The van der Waals surface area contributed by atoms with Crippen LogP contribution in [0.3, 0.4) is 0 Å². The molecule has 1 amide bonds. The molecule has 0 spiro atoms. The predicted molar refractivity (Wildman–Crippen MR) is 202 cm³/mol. The van der Waals surface area contributed by atoms with Crippen LogP contribution in [-0.2, 0) is 31.4 Å². The van der Waals surface area contributed by atoms with Gasteiger partial charge >= 0.3 is 10.1 Å². The second-order valence-corrected chi connectivity index (χ2v) is 16.1. The molecule has 0 saturated carbocycles. The Hall–Kier alpha value is -5.97. The van der Waals surface area contributed by atoms with Crippen molar-refractivity contribution in [3.63, 3.8) is 0 Å². The molecule has 6 aromatic rings. The maximum atomic E-state index is 14.4. The first kappa shape index (κ1) is 36.4. The summed E-state index contributed by atoms with van der Waals surface area (Å²) >= 11 is 0. The molecule has 3 heterocycles. The van der Waals surface area contributed by atoms with Crippen LogP contribution in [0.4, 0.5) is 11.4 Å². The lowest BCUT2D eigenvalue weighted by Gasteiger charge is -2.39. The third-order valence-electron chi connectivity index (χ3n) is 9.43. The van der Waals surface area contributed by atoms with Gasteiger partial charge in [0.1, 0.15) is 11.8 Å². The molecule has 54 heavy (non-hydrogen) atoms. The molecule has 1 fully saturated rings. The van der Waals surface area contributed by atoms with E-state index in [0.717, 1.165) is 9.99 Å². The van der Waals surface area contributed by atoms with E-state index in [1.807, 2.05) is 4.90 Å². The largest absolute Gasteiger partial charge is 0.378 e. The monoisotopic (exact) mass is 766 g/mol. The van der Waals surface area contributed by atoms with Crippen LogP contribution in [0.1, 0.15) is 5.56 Å². The molecule has 1 saturated heterocycles. The molecule has 0 aliphatic carbocycles. The van der Waals surface area contributed by atoms with E-state index in [-0.39, 0.29) is 41.0 Å². The van der Waals surface area contributed by atoms with Gasteiger partial charge in [0.05, 0.1) is 4.92 Å². The minimum atomic E-state index is -4.32. The first-order chi connectivity index (χ1) is 25.9. The molecule has 7 rings (SSSR count). The molecule has 0 bridgehead atoms. The number of nitro groups is 1. The Balaban J connectivity index is 1.14. The Morgan fingerprint density at radius 1 is 0.778 bits per heavy atom. The number of likely N-dealkylation sites (N-methyl/N-ethyl adjacent to an activating group) is 1. The third kappa shape index (κ3) is 7.31. The average molecular weight is 767 g/mol. The number of piperazine rings is 1. The van der Waals surface area contributed by atoms with Crippen LogP contribution in [0.25, 0.3) is 21.5 Å². The molecule has 1 aliphatic heterocycles. The smallest absolute Gasteiger partial charge is 0.357 e.